The number of nitrogens with zero attached hydrogens (tertiary/aromatic N) is 3. The summed E-state index contributed by atoms with van der Waals surface area (Å²) in [6.07, 6.45) is 4.63. The van der Waals surface area contributed by atoms with E-state index in [0.29, 0.717) is 11.5 Å². The van der Waals surface area contributed by atoms with Gasteiger partial charge in [-0.25, -0.2) is 9.78 Å². The highest BCUT2D eigenvalue weighted by atomic mass is 16.4. The predicted octanol–water partition coefficient (Wildman–Crippen LogP) is 2.85. The first-order chi connectivity index (χ1) is 10.5. The second-order valence-corrected chi connectivity index (χ2v) is 4.99. The lowest BCUT2D eigenvalue weighted by Crippen LogP contribution is -1.97. The van der Waals surface area contributed by atoms with E-state index in [0.717, 1.165) is 22.5 Å². The monoisotopic (exact) mass is 294 g/mol. The van der Waals surface area contributed by atoms with Gasteiger partial charge in [0.15, 0.2) is 5.82 Å². The van der Waals surface area contributed by atoms with Gasteiger partial charge in [-0.3, -0.25) is 9.97 Å². The van der Waals surface area contributed by atoms with Gasteiger partial charge >= 0.3 is 5.97 Å². The number of aromatic carboxylic acids is 1. The third-order valence-corrected chi connectivity index (χ3v) is 3.45. The molecule has 0 bridgehead atoms. The summed E-state index contributed by atoms with van der Waals surface area (Å²) in [5.74, 6) is -0.305. The molecule has 6 heteroatoms. The van der Waals surface area contributed by atoms with Crippen LogP contribution in [0, 0.1) is 13.8 Å². The van der Waals surface area contributed by atoms with E-state index in [9.17, 15) is 4.79 Å². The number of carbonyl (C=O) groups is 1. The molecule has 0 aliphatic heterocycles. The zero-order valence-electron chi connectivity index (χ0n) is 12.2. The van der Waals surface area contributed by atoms with Crippen molar-refractivity contribution in [2.45, 2.75) is 13.8 Å². The summed E-state index contributed by atoms with van der Waals surface area (Å²) < 4.78 is 0. The van der Waals surface area contributed by atoms with Gasteiger partial charge in [-0.2, -0.15) is 0 Å². The fraction of sp³-hybridized carbons (Fsp3) is 0.125. The summed E-state index contributed by atoms with van der Waals surface area (Å²) in [5.41, 5.74) is 4.35. The molecule has 2 N–H and O–H groups in total. The first-order valence-corrected chi connectivity index (χ1v) is 6.73. The Labute approximate surface area is 126 Å². The number of aromatic nitrogens is 4. The highest BCUT2D eigenvalue weighted by Gasteiger charge is 2.10. The van der Waals surface area contributed by atoms with Crippen LogP contribution in [0.3, 0.4) is 0 Å². The fourth-order valence-corrected chi connectivity index (χ4v) is 2.12. The Morgan fingerprint density at radius 3 is 2.68 bits per heavy atom. The minimum Gasteiger partial charge on any atom is -0.478 e. The summed E-state index contributed by atoms with van der Waals surface area (Å²) >= 11 is 0. The number of carboxylic acid groups (broad SMARTS) is 1. The second kappa shape index (κ2) is 5.40. The molecule has 0 aliphatic rings. The molecule has 0 saturated carbocycles. The van der Waals surface area contributed by atoms with Gasteiger partial charge in [-0.15, -0.1) is 0 Å². The smallest absolute Gasteiger partial charge is 0.337 e. The van der Waals surface area contributed by atoms with Crippen LogP contribution in [0.4, 0.5) is 0 Å². The van der Waals surface area contributed by atoms with Crippen LogP contribution >= 0.6 is 0 Å². The molecule has 0 atom stereocenters. The maximum absolute atomic E-state index is 11.0. The Hall–Kier alpha value is -3.02. The van der Waals surface area contributed by atoms with Gasteiger partial charge in [-0.1, -0.05) is 0 Å². The van der Waals surface area contributed by atoms with Crippen molar-refractivity contribution >= 4 is 5.97 Å². The van der Waals surface area contributed by atoms with Gasteiger partial charge in [0, 0.05) is 29.8 Å². The van der Waals surface area contributed by atoms with Crippen molar-refractivity contribution in [1.82, 2.24) is 19.9 Å². The molecule has 22 heavy (non-hydrogen) atoms. The number of aromatic amines is 1. The van der Waals surface area contributed by atoms with Crippen molar-refractivity contribution in [2.24, 2.45) is 0 Å². The molecule has 0 fully saturated rings. The van der Waals surface area contributed by atoms with Crippen LogP contribution in [0.5, 0.6) is 0 Å². The topological polar surface area (TPSA) is 91.8 Å². The Morgan fingerprint density at radius 2 is 2.00 bits per heavy atom. The molecule has 0 unspecified atom stereocenters. The van der Waals surface area contributed by atoms with Crippen LogP contribution in [0.15, 0.2) is 36.8 Å². The number of H-pyrrole nitrogens is 1. The van der Waals surface area contributed by atoms with Crippen LogP contribution in [0.1, 0.15) is 21.7 Å². The van der Waals surface area contributed by atoms with Crippen molar-refractivity contribution in [3.05, 3.63) is 53.7 Å². The standard InChI is InChI=1S/C16H14N4O2/c1-9-10(2)20-15(19-9)14-6-11(3-4-18-14)12-5-13(16(21)22)8-17-7-12/h3-8H,1-2H3,(H,19,20)(H,21,22). The van der Waals surface area contributed by atoms with E-state index >= 15 is 0 Å². The van der Waals surface area contributed by atoms with Gasteiger partial charge in [0.2, 0.25) is 0 Å². The van der Waals surface area contributed by atoms with Gasteiger partial charge in [0.05, 0.1) is 11.3 Å². The lowest BCUT2D eigenvalue weighted by atomic mass is 10.1. The quantitative estimate of drug-likeness (QED) is 0.775. The van der Waals surface area contributed by atoms with Crippen molar-refractivity contribution in [3.8, 4) is 22.6 Å². The molecule has 0 aromatic carbocycles. The molecule has 0 amide bonds. The van der Waals surface area contributed by atoms with Crippen LogP contribution < -0.4 is 0 Å². The Balaban J connectivity index is 2.04. The predicted molar refractivity (Wildman–Crippen MR) is 81.5 cm³/mol. The Kier molecular flexibility index (Phi) is 3.42. The Bertz CT molecular complexity index is 835. The van der Waals surface area contributed by atoms with Gasteiger partial charge in [0.1, 0.15) is 5.69 Å². The average Bonchev–Trinajstić information content (AvgIpc) is 2.87. The molecular weight excluding hydrogens is 280 g/mol. The number of rotatable bonds is 3. The van der Waals surface area contributed by atoms with E-state index in [2.05, 4.69) is 19.9 Å². The molecule has 3 rings (SSSR count). The van der Waals surface area contributed by atoms with Crippen molar-refractivity contribution < 1.29 is 9.90 Å². The van der Waals surface area contributed by atoms with Crippen LogP contribution in [0.2, 0.25) is 0 Å². The molecular formula is C16H14N4O2. The van der Waals surface area contributed by atoms with Gasteiger partial charge < -0.3 is 10.1 Å². The van der Waals surface area contributed by atoms with E-state index in [1.54, 1.807) is 18.5 Å². The zero-order valence-corrected chi connectivity index (χ0v) is 12.2. The van der Waals surface area contributed by atoms with E-state index < -0.39 is 5.97 Å². The van der Waals surface area contributed by atoms with Crippen LogP contribution in [-0.4, -0.2) is 31.0 Å². The summed E-state index contributed by atoms with van der Waals surface area (Å²) in [7, 11) is 0. The molecule has 110 valence electrons. The number of hydrogen-bond donors (Lipinski definition) is 2. The highest BCUT2D eigenvalue weighted by molar-refractivity contribution is 5.89. The van der Waals surface area contributed by atoms with Crippen molar-refractivity contribution in [1.29, 1.82) is 0 Å². The first-order valence-electron chi connectivity index (χ1n) is 6.73. The lowest BCUT2D eigenvalue weighted by Gasteiger charge is -2.04. The number of aryl methyl sites for hydroxylation is 2. The van der Waals surface area contributed by atoms with Crippen LogP contribution in [-0.2, 0) is 0 Å². The number of carboxylic acids is 1. The van der Waals surface area contributed by atoms with E-state index in [4.69, 9.17) is 5.11 Å². The molecule has 0 aliphatic carbocycles. The summed E-state index contributed by atoms with van der Waals surface area (Å²) in [5, 5.41) is 9.05. The molecule has 0 radical (unpaired) electrons. The summed E-state index contributed by atoms with van der Waals surface area (Å²) in [6.45, 7) is 3.88. The average molecular weight is 294 g/mol. The van der Waals surface area contributed by atoms with Crippen LogP contribution in [0.25, 0.3) is 22.6 Å². The highest BCUT2D eigenvalue weighted by Crippen LogP contribution is 2.23. The summed E-state index contributed by atoms with van der Waals surface area (Å²) in [6, 6.07) is 5.27. The normalized spacial score (nSPS) is 10.6. The third kappa shape index (κ3) is 2.58. The van der Waals surface area contributed by atoms with E-state index in [1.807, 2.05) is 26.0 Å². The van der Waals surface area contributed by atoms with Crippen molar-refractivity contribution in [3.63, 3.8) is 0 Å². The maximum Gasteiger partial charge on any atom is 0.337 e. The minimum atomic E-state index is -0.999. The molecule has 6 nitrogen and oxygen atoms in total. The largest absolute Gasteiger partial charge is 0.478 e. The van der Waals surface area contributed by atoms with E-state index in [-0.39, 0.29) is 5.56 Å². The molecule has 3 aromatic heterocycles. The zero-order chi connectivity index (χ0) is 15.7. The lowest BCUT2D eigenvalue weighted by molar-refractivity contribution is 0.0696. The number of nitrogens with one attached hydrogen (secondary N) is 1. The Morgan fingerprint density at radius 1 is 1.18 bits per heavy atom. The summed E-state index contributed by atoms with van der Waals surface area (Å²) in [4.78, 5) is 27.0. The molecule has 3 heterocycles. The second-order valence-electron chi connectivity index (χ2n) is 4.99. The van der Waals surface area contributed by atoms with E-state index in [1.165, 1.54) is 6.20 Å². The van der Waals surface area contributed by atoms with Gasteiger partial charge in [-0.05, 0) is 37.6 Å². The SMILES string of the molecule is Cc1nc(-c2cc(-c3cncc(C(=O)O)c3)ccn2)[nH]c1C. The third-order valence-electron chi connectivity index (χ3n) is 3.45. The maximum atomic E-state index is 11.0. The number of imidazole rings is 1. The number of hydrogen-bond acceptors (Lipinski definition) is 4. The fourth-order valence-electron chi connectivity index (χ4n) is 2.12. The first kappa shape index (κ1) is 13.9. The van der Waals surface area contributed by atoms with Crippen molar-refractivity contribution in [2.75, 3.05) is 0 Å². The van der Waals surface area contributed by atoms with Gasteiger partial charge in [0.25, 0.3) is 0 Å². The molecule has 0 spiro atoms. The number of pyridine rings is 2. The molecule has 0 saturated heterocycles. The minimum absolute atomic E-state index is 0.153. The molecule has 3 aromatic rings.